The van der Waals surface area contributed by atoms with E-state index >= 15 is 0 Å². The highest BCUT2D eigenvalue weighted by atomic mass is 16.4. The van der Waals surface area contributed by atoms with E-state index in [4.69, 9.17) is 16.6 Å². The zero-order chi connectivity index (χ0) is 27.5. The van der Waals surface area contributed by atoms with E-state index in [9.17, 15) is 29.1 Å². The Bertz CT molecular complexity index is 1110. The Kier molecular flexibility index (Phi) is 10.6. The molecule has 2 rings (SSSR count). The van der Waals surface area contributed by atoms with Crippen molar-refractivity contribution in [2.24, 2.45) is 11.5 Å². The molecule has 0 fully saturated rings. The number of primary amides is 1. The Morgan fingerprint density at radius 3 is 1.89 bits per heavy atom. The first-order valence-electron chi connectivity index (χ1n) is 11.5. The number of hydrogen-bond donors (Lipinski definition) is 7. The Hall–Kier alpha value is -4.45. The molecule has 0 aliphatic carbocycles. The number of phenolic OH excluding ortho intramolecular Hbond substituents is 1. The van der Waals surface area contributed by atoms with Crippen molar-refractivity contribution in [3.63, 3.8) is 0 Å². The normalized spacial score (nSPS) is 13.9. The molecule has 4 atom stereocenters. The predicted octanol–water partition coefficient (Wildman–Crippen LogP) is -1.06. The highest BCUT2D eigenvalue weighted by Gasteiger charge is 2.30. The number of phenols is 1. The summed E-state index contributed by atoms with van der Waals surface area (Å²) >= 11 is 0. The van der Waals surface area contributed by atoms with Crippen molar-refractivity contribution in [2.75, 3.05) is 0 Å². The number of benzene rings is 2. The largest absolute Gasteiger partial charge is 0.508 e. The molecule has 4 unspecified atom stereocenters. The van der Waals surface area contributed by atoms with Crippen LogP contribution in [0.25, 0.3) is 0 Å². The summed E-state index contributed by atoms with van der Waals surface area (Å²) in [4.78, 5) is 61.3. The summed E-state index contributed by atoms with van der Waals surface area (Å²) < 4.78 is 0. The molecule has 12 nitrogen and oxygen atoms in total. The highest BCUT2D eigenvalue weighted by Crippen LogP contribution is 2.12. The first kappa shape index (κ1) is 28.8. The van der Waals surface area contributed by atoms with Crippen LogP contribution >= 0.6 is 0 Å². The van der Waals surface area contributed by atoms with Crippen LogP contribution in [-0.4, -0.2) is 64.0 Å². The van der Waals surface area contributed by atoms with E-state index in [0.717, 1.165) is 5.56 Å². The number of hydrogen-bond acceptors (Lipinski definition) is 7. The smallest absolute Gasteiger partial charge is 0.325 e. The second kappa shape index (κ2) is 13.6. The second-order valence-corrected chi connectivity index (χ2v) is 8.53. The molecule has 0 heterocycles. The van der Waals surface area contributed by atoms with Crippen molar-refractivity contribution >= 4 is 29.6 Å². The first-order chi connectivity index (χ1) is 17.5. The molecule has 37 heavy (non-hydrogen) atoms. The number of carbonyl (C=O) groups excluding carboxylic acids is 4. The van der Waals surface area contributed by atoms with Gasteiger partial charge in [-0.2, -0.15) is 0 Å². The van der Waals surface area contributed by atoms with E-state index < -0.39 is 60.2 Å². The average Bonchev–Trinajstić information content (AvgIpc) is 2.84. The number of aliphatic carboxylic acids is 1. The van der Waals surface area contributed by atoms with Crippen LogP contribution in [0, 0.1) is 0 Å². The third-order valence-electron chi connectivity index (χ3n) is 5.41. The SMILES string of the molecule is CC(NC(=O)C(Cc1ccc(O)cc1)NC(=O)C(CC(N)=O)NC(=O)C(N)Cc1ccccc1)C(=O)O. The van der Waals surface area contributed by atoms with E-state index in [1.54, 1.807) is 24.3 Å². The maximum absolute atomic E-state index is 13.1. The van der Waals surface area contributed by atoms with Crippen LogP contribution in [0.3, 0.4) is 0 Å². The summed E-state index contributed by atoms with van der Waals surface area (Å²) in [5, 5.41) is 25.8. The van der Waals surface area contributed by atoms with Crippen LogP contribution in [0.2, 0.25) is 0 Å². The molecule has 0 aliphatic rings. The summed E-state index contributed by atoms with van der Waals surface area (Å²) in [5.41, 5.74) is 12.6. The van der Waals surface area contributed by atoms with Gasteiger partial charge in [0.1, 0.15) is 23.9 Å². The van der Waals surface area contributed by atoms with Crippen LogP contribution in [0.1, 0.15) is 24.5 Å². The van der Waals surface area contributed by atoms with Crippen molar-refractivity contribution in [3.8, 4) is 5.75 Å². The molecule has 2 aromatic carbocycles. The monoisotopic (exact) mass is 513 g/mol. The van der Waals surface area contributed by atoms with Gasteiger partial charge in [0.2, 0.25) is 23.6 Å². The molecule has 0 spiro atoms. The standard InChI is InChI=1S/C25H31N5O7/c1-14(25(36)37)28-23(34)19(12-16-7-9-17(31)10-8-16)30-24(35)20(13-21(27)32)29-22(33)18(26)11-15-5-3-2-4-6-15/h2-10,14,18-20,31H,11-13,26H2,1H3,(H2,27,32)(H,28,34)(H,29,33)(H,30,35)(H,36,37). The minimum Gasteiger partial charge on any atom is -0.508 e. The molecular formula is C25H31N5O7. The Labute approximate surface area is 213 Å². The van der Waals surface area contributed by atoms with E-state index in [0.29, 0.717) is 5.56 Å². The molecule has 0 bridgehead atoms. The minimum absolute atomic E-state index is 0.00985. The van der Waals surface area contributed by atoms with E-state index in [-0.39, 0.29) is 18.6 Å². The summed E-state index contributed by atoms with van der Waals surface area (Å²) in [6, 6.07) is 9.78. The van der Waals surface area contributed by atoms with Gasteiger partial charge in [-0.05, 0) is 36.6 Å². The maximum atomic E-state index is 13.1. The summed E-state index contributed by atoms with van der Waals surface area (Å²) in [5.74, 6) is -4.57. The first-order valence-corrected chi connectivity index (χ1v) is 11.5. The van der Waals surface area contributed by atoms with Crippen LogP contribution in [0.5, 0.6) is 5.75 Å². The number of carbonyl (C=O) groups is 5. The number of carboxylic acid groups (broad SMARTS) is 1. The van der Waals surface area contributed by atoms with Gasteiger partial charge in [0, 0.05) is 6.42 Å². The molecular weight excluding hydrogens is 482 g/mol. The molecule has 198 valence electrons. The van der Waals surface area contributed by atoms with Crippen molar-refractivity contribution in [2.45, 2.75) is 50.4 Å². The van der Waals surface area contributed by atoms with Crippen LogP contribution in [0.15, 0.2) is 54.6 Å². The lowest BCUT2D eigenvalue weighted by Gasteiger charge is -2.24. The van der Waals surface area contributed by atoms with E-state index in [1.165, 1.54) is 31.2 Å². The molecule has 0 radical (unpaired) electrons. The number of nitrogens with two attached hydrogens (primary N) is 2. The van der Waals surface area contributed by atoms with Gasteiger partial charge in [0.05, 0.1) is 12.5 Å². The molecule has 2 aromatic rings. The van der Waals surface area contributed by atoms with E-state index in [1.807, 2.05) is 6.07 Å². The van der Waals surface area contributed by atoms with Gasteiger partial charge < -0.3 is 37.6 Å². The van der Waals surface area contributed by atoms with Gasteiger partial charge in [0.25, 0.3) is 0 Å². The van der Waals surface area contributed by atoms with Gasteiger partial charge in [-0.15, -0.1) is 0 Å². The third kappa shape index (κ3) is 9.61. The summed E-state index contributed by atoms with van der Waals surface area (Å²) in [6.07, 6.45) is -0.458. The fourth-order valence-electron chi connectivity index (χ4n) is 3.37. The molecule has 0 aliphatic heterocycles. The second-order valence-electron chi connectivity index (χ2n) is 8.53. The molecule has 0 saturated carbocycles. The van der Waals surface area contributed by atoms with Crippen LogP contribution in [0.4, 0.5) is 0 Å². The van der Waals surface area contributed by atoms with Crippen molar-refractivity contribution in [3.05, 3.63) is 65.7 Å². The third-order valence-corrected chi connectivity index (χ3v) is 5.41. The van der Waals surface area contributed by atoms with Crippen molar-refractivity contribution in [1.29, 1.82) is 0 Å². The van der Waals surface area contributed by atoms with Crippen LogP contribution < -0.4 is 27.4 Å². The Balaban J connectivity index is 2.18. The van der Waals surface area contributed by atoms with Gasteiger partial charge in [-0.3, -0.25) is 24.0 Å². The van der Waals surface area contributed by atoms with Gasteiger partial charge in [-0.1, -0.05) is 42.5 Å². The number of carboxylic acids is 1. The Morgan fingerprint density at radius 2 is 1.32 bits per heavy atom. The topological polar surface area (TPSA) is 214 Å². The fourth-order valence-corrected chi connectivity index (χ4v) is 3.37. The molecule has 12 heteroatoms. The number of aromatic hydroxyl groups is 1. The average molecular weight is 514 g/mol. The van der Waals surface area contributed by atoms with Gasteiger partial charge >= 0.3 is 5.97 Å². The maximum Gasteiger partial charge on any atom is 0.325 e. The lowest BCUT2D eigenvalue weighted by molar-refractivity contribution is -0.142. The zero-order valence-electron chi connectivity index (χ0n) is 20.2. The lowest BCUT2D eigenvalue weighted by Crippen LogP contribution is -2.58. The number of amides is 4. The molecule has 9 N–H and O–H groups in total. The minimum atomic E-state index is -1.43. The molecule has 4 amide bonds. The number of nitrogens with one attached hydrogen (secondary N) is 3. The summed E-state index contributed by atoms with van der Waals surface area (Å²) in [6.45, 7) is 1.25. The fraction of sp³-hybridized carbons (Fsp3) is 0.320. The summed E-state index contributed by atoms with van der Waals surface area (Å²) in [7, 11) is 0. The van der Waals surface area contributed by atoms with Crippen molar-refractivity contribution in [1.82, 2.24) is 16.0 Å². The molecule has 0 saturated heterocycles. The Morgan fingerprint density at radius 1 is 0.784 bits per heavy atom. The van der Waals surface area contributed by atoms with Gasteiger partial charge in [-0.25, -0.2) is 0 Å². The molecule has 0 aromatic heterocycles. The van der Waals surface area contributed by atoms with Crippen molar-refractivity contribution < 1.29 is 34.2 Å². The number of rotatable bonds is 13. The van der Waals surface area contributed by atoms with Crippen LogP contribution in [-0.2, 0) is 36.8 Å². The lowest BCUT2D eigenvalue weighted by atomic mass is 10.0. The van der Waals surface area contributed by atoms with Gasteiger partial charge in [0.15, 0.2) is 0 Å². The van der Waals surface area contributed by atoms with E-state index in [2.05, 4.69) is 16.0 Å². The highest BCUT2D eigenvalue weighted by molar-refractivity contribution is 5.96. The predicted molar refractivity (Wildman–Crippen MR) is 133 cm³/mol. The quantitative estimate of drug-likeness (QED) is 0.175. The zero-order valence-corrected chi connectivity index (χ0v) is 20.2.